The first-order valence-corrected chi connectivity index (χ1v) is 3.38. The zero-order valence-electron chi connectivity index (χ0n) is 6.03. The highest BCUT2D eigenvalue weighted by atomic mass is 16.2. The van der Waals surface area contributed by atoms with Crippen LogP contribution in [0.5, 0.6) is 0 Å². The quantitative estimate of drug-likeness (QED) is 0.555. The number of amides is 2. The molecule has 0 radical (unpaired) electrons. The van der Waals surface area contributed by atoms with Crippen molar-refractivity contribution in [3.63, 3.8) is 0 Å². The molecule has 0 unspecified atom stereocenters. The van der Waals surface area contributed by atoms with Crippen molar-refractivity contribution in [2.45, 2.75) is 6.42 Å². The van der Waals surface area contributed by atoms with Crippen LogP contribution < -0.4 is 5.32 Å². The summed E-state index contributed by atoms with van der Waals surface area (Å²) >= 11 is 0. The van der Waals surface area contributed by atoms with Gasteiger partial charge in [-0.25, -0.2) is 4.79 Å². The molecule has 1 N–H and O–H groups in total. The van der Waals surface area contributed by atoms with E-state index in [0.29, 0.717) is 0 Å². The molecular formula is C7H9N3O. The molecule has 0 atom stereocenters. The minimum absolute atomic E-state index is 0.407. The SMILES string of the molecule is C1=CNCC1.O=C1N=CC=N1. The smallest absolute Gasteiger partial charge is 0.367 e. The minimum Gasteiger partial charge on any atom is -0.391 e. The molecule has 0 saturated heterocycles. The van der Waals surface area contributed by atoms with Crippen LogP contribution in [0.4, 0.5) is 4.79 Å². The predicted molar refractivity (Wildman–Crippen MR) is 44.1 cm³/mol. The van der Waals surface area contributed by atoms with Crippen LogP contribution in [-0.2, 0) is 0 Å². The number of aliphatic imine (C=N–C) groups is 2. The van der Waals surface area contributed by atoms with Crippen molar-refractivity contribution in [2.75, 3.05) is 6.54 Å². The molecule has 2 heterocycles. The van der Waals surface area contributed by atoms with Gasteiger partial charge in [0.25, 0.3) is 0 Å². The molecule has 2 aliphatic heterocycles. The Morgan fingerprint density at radius 3 is 2.27 bits per heavy atom. The number of carbonyl (C=O) groups excluding carboxylic acids is 1. The second-order valence-corrected chi connectivity index (χ2v) is 1.98. The van der Waals surface area contributed by atoms with Gasteiger partial charge >= 0.3 is 6.03 Å². The van der Waals surface area contributed by atoms with Gasteiger partial charge in [0.1, 0.15) is 0 Å². The standard InChI is InChI=1S/C4H7N.C3H2N2O/c1-2-4-5-3-1;6-3-4-1-2-5-3/h1,3,5H,2,4H2;1-2H. The third-order valence-corrected chi connectivity index (χ3v) is 1.13. The first kappa shape index (κ1) is 7.65. The summed E-state index contributed by atoms with van der Waals surface area (Å²) in [4.78, 5) is 16.3. The topological polar surface area (TPSA) is 53.8 Å². The summed E-state index contributed by atoms with van der Waals surface area (Å²) in [6.07, 6.45) is 8.05. The Hall–Kier alpha value is -1.45. The Labute approximate surface area is 64.7 Å². The van der Waals surface area contributed by atoms with Crippen molar-refractivity contribution in [2.24, 2.45) is 9.98 Å². The lowest BCUT2D eigenvalue weighted by Crippen LogP contribution is -1.96. The van der Waals surface area contributed by atoms with E-state index in [9.17, 15) is 4.79 Å². The van der Waals surface area contributed by atoms with Crippen LogP contribution in [0.2, 0.25) is 0 Å². The first-order chi connectivity index (χ1) is 5.39. The van der Waals surface area contributed by atoms with E-state index in [4.69, 9.17) is 0 Å². The van der Waals surface area contributed by atoms with Gasteiger partial charge in [-0.1, -0.05) is 6.08 Å². The van der Waals surface area contributed by atoms with Crippen LogP contribution in [0.25, 0.3) is 0 Å². The summed E-state index contributed by atoms with van der Waals surface area (Å²) in [5.41, 5.74) is 0. The number of nitrogens with zero attached hydrogens (tertiary/aromatic N) is 2. The van der Waals surface area contributed by atoms with E-state index in [1.165, 1.54) is 18.9 Å². The third kappa shape index (κ3) is 3.30. The molecule has 0 fully saturated rings. The van der Waals surface area contributed by atoms with Crippen LogP contribution in [0.3, 0.4) is 0 Å². The van der Waals surface area contributed by atoms with Crippen LogP contribution >= 0.6 is 0 Å². The minimum atomic E-state index is -0.407. The van der Waals surface area contributed by atoms with Gasteiger partial charge in [0.2, 0.25) is 0 Å². The predicted octanol–water partition coefficient (Wildman–Crippen LogP) is 0.755. The van der Waals surface area contributed by atoms with Gasteiger partial charge in [-0.05, 0) is 12.6 Å². The van der Waals surface area contributed by atoms with Crippen molar-refractivity contribution in [1.82, 2.24) is 5.32 Å². The first-order valence-electron chi connectivity index (χ1n) is 3.38. The van der Waals surface area contributed by atoms with Gasteiger partial charge in [0.05, 0.1) is 12.4 Å². The van der Waals surface area contributed by atoms with Gasteiger partial charge in [0.15, 0.2) is 0 Å². The zero-order valence-corrected chi connectivity index (χ0v) is 6.03. The summed E-state index contributed by atoms with van der Waals surface area (Å²) in [6, 6.07) is -0.407. The highest BCUT2D eigenvalue weighted by Gasteiger charge is 1.91. The van der Waals surface area contributed by atoms with Gasteiger partial charge in [0, 0.05) is 6.54 Å². The highest BCUT2D eigenvalue weighted by Crippen LogP contribution is 1.84. The molecule has 0 aromatic rings. The van der Waals surface area contributed by atoms with Crippen molar-refractivity contribution in [3.8, 4) is 0 Å². The number of hydrogen-bond donors (Lipinski definition) is 1. The van der Waals surface area contributed by atoms with Crippen molar-refractivity contribution in [3.05, 3.63) is 12.3 Å². The maximum absolute atomic E-state index is 9.85. The van der Waals surface area contributed by atoms with Crippen molar-refractivity contribution < 1.29 is 4.79 Å². The number of urea groups is 1. The highest BCUT2D eigenvalue weighted by molar-refractivity contribution is 6.25. The number of hydrogen-bond acceptors (Lipinski definition) is 2. The molecule has 2 aliphatic rings. The average Bonchev–Trinajstić information content (AvgIpc) is 2.57. The lowest BCUT2D eigenvalue weighted by Gasteiger charge is -1.78. The van der Waals surface area contributed by atoms with Gasteiger partial charge in [-0.15, -0.1) is 0 Å². The number of rotatable bonds is 0. The molecule has 11 heavy (non-hydrogen) atoms. The number of carbonyl (C=O) groups is 1. The molecule has 2 rings (SSSR count). The Balaban J connectivity index is 0.000000112. The fourth-order valence-electron chi connectivity index (χ4n) is 0.644. The molecule has 58 valence electrons. The lowest BCUT2D eigenvalue weighted by molar-refractivity contribution is 0.257. The Bertz CT molecular complexity index is 198. The van der Waals surface area contributed by atoms with E-state index in [1.54, 1.807) is 0 Å². The molecule has 2 amide bonds. The molecule has 0 aromatic heterocycles. The normalized spacial score (nSPS) is 18.0. The monoisotopic (exact) mass is 151 g/mol. The average molecular weight is 151 g/mol. The van der Waals surface area contributed by atoms with E-state index in [-0.39, 0.29) is 0 Å². The Morgan fingerprint density at radius 2 is 2.09 bits per heavy atom. The van der Waals surface area contributed by atoms with Crippen LogP contribution in [0.1, 0.15) is 6.42 Å². The van der Waals surface area contributed by atoms with E-state index in [1.807, 2.05) is 6.20 Å². The van der Waals surface area contributed by atoms with E-state index < -0.39 is 6.03 Å². The van der Waals surface area contributed by atoms with E-state index >= 15 is 0 Å². The van der Waals surface area contributed by atoms with Crippen LogP contribution in [0.15, 0.2) is 22.3 Å². The van der Waals surface area contributed by atoms with Gasteiger partial charge in [-0.2, -0.15) is 9.98 Å². The van der Waals surface area contributed by atoms with E-state index in [0.717, 1.165) is 6.54 Å². The molecule has 0 aromatic carbocycles. The van der Waals surface area contributed by atoms with Crippen molar-refractivity contribution >= 4 is 18.5 Å². The molecular weight excluding hydrogens is 142 g/mol. The maximum Gasteiger partial charge on any atom is 0.367 e. The fourth-order valence-corrected chi connectivity index (χ4v) is 0.644. The summed E-state index contributed by atoms with van der Waals surface area (Å²) in [6.45, 7) is 1.14. The molecule has 0 saturated carbocycles. The van der Waals surface area contributed by atoms with Crippen LogP contribution in [0, 0.1) is 0 Å². The van der Waals surface area contributed by atoms with Gasteiger partial charge in [-0.3, -0.25) is 0 Å². The van der Waals surface area contributed by atoms with E-state index in [2.05, 4.69) is 21.4 Å². The summed E-state index contributed by atoms with van der Waals surface area (Å²) in [5.74, 6) is 0. The summed E-state index contributed by atoms with van der Waals surface area (Å²) < 4.78 is 0. The maximum atomic E-state index is 9.85. The second-order valence-electron chi connectivity index (χ2n) is 1.98. The Kier molecular flexibility index (Phi) is 3.05. The molecule has 0 spiro atoms. The molecule has 0 bridgehead atoms. The van der Waals surface area contributed by atoms with Crippen molar-refractivity contribution in [1.29, 1.82) is 0 Å². The van der Waals surface area contributed by atoms with Gasteiger partial charge < -0.3 is 5.32 Å². The molecule has 4 nitrogen and oxygen atoms in total. The second kappa shape index (κ2) is 4.38. The van der Waals surface area contributed by atoms with Crippen LogP contribution in [-0.4, -0.2) is 25.0 Å². The largest absolute Gasteiger partial charge is 0.391 e. The number of nitrogens with one attached hydrogen (secondary N) is 1. The summed E-state index contributed by atoms with van der Waals surface area (Å²) in [7, 11) is 0. The Morgan fingerprint density at radius 1 is 1.36 bits per heavy atom. The zero-order chi connectivity index (χ0) is 7.94. The molecule has 0 aliphatic carbocycles. The fraction of sp³-hybridized carbons (Fsp3) is 0.286. The summed E-state index contributed by atoms with van der Waals surface area (Å²) in [5, 5.41) is 3.04. The third-order valence-electron chi connectivity index (χ3n) is 1.13. The molecule has 4 heteroatoms. The lowest BCUT2D eigenvalue weighted by atomic mass is 10.5.